The van der Waals surface area contributed by atoms with E-state index in [1.54, 1.807) is 0 Å². The van der Waals surface area contributed by atoms with Crippen molar-refractivity contribution in [3.05, 3.63) is 58.7 Å². The van der Waals surface area contributed by atoms with E-state index in [4.69, 9.17) is 9.47 Å². The van der Waals surface area contributed by atoms with Gasteiger partial charge < -0.3 is 14.8 Å². The van der Waals surface area contributed by atoms with Gasteiger partial charge in [0.25, 0.3) is 0 Å². The lowest BCUT2D eigenvalue weighted by atomic mass is 9.97. The maximum absolute atomic E-state index is 5.41. The van der Waals surface area contributed by atoms with Gasteiger partial charge in [-0.15, -0.1) is 0 Å². The van der Waals surface area contributed by atoms with Crippen LogP contribution in [-0.2, 0) is 19.4 Å². The fourth-order valence-corrected chi connectivity index (χ4v) is 2.95. The van der Waals surface area contributed by atoms with E-state index in [9.17, 15) is 0 Å². The first-order valence-corrected chi connectivity index (χ1v) is 8.94. The Bertz CT molecular complexity index is 652. The number of rotatable bonds is 6. The van der Waals surface area contributed by atoms with Crippen molar-refractivity contribution in [2.45, 2.75) is 47.1 Å². The van der Waals surface area contributed by atoms with Crippen LogP contribution in [-0.4, -0.2) is 13.3 Å². The molecule has 24 heavy (non-hydrogen) atoms. The van der Waals surface area contributed by atoms with Gasteiger partial charge in [0, 0.05) is 6.54 Å². The van der Waals surface area contributed by atoms with Crippen molar-refractivity contribution in [2.24, 2.45) is 0 Å². The minimum absolute atomic E-state index is 0.333. The molecule has 1 N–H and O–H groups in total. The van der Waals surface area contributed by atoms with Gasteiger partial charge in [0.15, 0.2) is 11.5 Å². The van der Waals surface area contributed by atoms with Crippen LogP contribution in [0.3, 0.4) is 0 Å². The quantitative estimate of drug-likeness (QED) is 0.784. The van der Waals surface area contributed by atoms with E-state index >= 15 is 0 Å². The molecule has 1 heterocycles. The SMILES string of the molecule is CC.CCc1cccc(C)c1CCNCc1ccc2c(c1)OCO2. The number of fused-ring (bicyclic) bond motifs is 1. The minimum atomic E-state index is 0.333. The largest absolute Gasteiger partial charge is 0.454 e. The van der Waals surface area contributed by atoms with Crippen molar-refractivity contribution in [3.8, 4) is 11.5 Å². The molecule has 0 unspecified atom stereocenters. The molecule has 0 spiro atoms. The van der Waals surface area contributed by atoms with Crippen molar-refractivity contribution in [1.29, 1.82) is 0 Å². The van der Waals surface area contributed by atoms with Crippen molar-refractivity contribution in [2.75, 3.05) is 13.3 Å². The number of nitrogens with one attached hydrogen (secondary N) is 1. The summed E-state index contributed by atoms with van der Waals surface area (Å²) in [5.74, 6) is 1.70. The standard InChI is InChI=1S/C19H23NO2.C2H6/c1-3-16-6-4-5-14(2)17(16)9-10-20-12-15-7-8-18-19(11-15)22-13-21-18;1-2/h4-8,11,20H,3,9-10,12-13H2,1-2H3;1-2H3. The Labute approximate surface area is 146 Å². The molecule has 3 heteroatoms. The molecule has 0 bridgehead atoms. The van der Waals surface area contributed by atoms with Crippen LogP contribution < -0.4 is 14.8 Å². The predicted molar refractivity (Wildman–Crippen MR) is 99.9 cm³/mol. The highest BCUT2D eigenvalue weighted by molar-refractivity contribution is 5.44. The first-order chi connectivity index (χ1) is 11.8. The third-order valence-electron chi connectivity index (χ3n) is 4.21. The molecule has 0 aromatic heterocycles. The second kappa shape index (κ2) is 9.33. The summed E-state index contributed by atoms with van der Waals surface area (Å²) in [6, 6.07) is 12.7. The Morgan fingerprint density at radius 3 is 2.62 bits per heavy atom. The summed E-state index contributed by atoms with van der Waals surface area (Å²) in [4.78, 5) is 0. The summed E-state index contributed by atoms with van der Waals surface area (Å²) in [5.41, 5.74) is 5.57. The Kier molecular flexibility index (Phi) is 7.13. The molecule has 0 saturated carbocycles. The van der Waals surface area contributed by atoms with Gasteiger partial charge in [-0.3, -0.25) is 0 Å². The van der Waals surface area contributed by atoms with Gasteiger partial charge in [-0.25, -0.2) is 0 Å². The van der Waals surface area contributed by atoms with Crippen LogP contribution in [0.15, 0.2) is 36.4 Å². The number of aryl methyl sites for hydroxylation is 2. The van der Waals surface area contributed by atoms with Crippen LogP contribution in [0.5, 0.6) is 11.5 Å². The van der Waals surface area contributed by atoms with Crippen molar-refractivity contribution in [1.82, 2.24) is 5.32 Å². The summed E-state index contributed by atoms with van der Waals surface area (Å²) < 4.78 is 10.7. The van der Waals surface area contributed by atoms with Crippen LogP contribution in [0.25, 0.3) is 0 Å². The van der Waals surface area contributed by atoms with Crippen LogP contribution in [0, 0.1) is 6.92 Å². The minimum Gasteiger partial charge on any atom is -0.454 e. The van der Waals surface area contributed by atoms with Gasteiger partial charge in [0.05, 0.1) is 0 Å². The average molecular weight is 327 g/mol. The molecular formula is C21H29NO2. The summed E-state index contributed by atoms with van der Waals surface area (Å²) in [5, 5.41) is 3.52. The van der Waals surface area contributed by atoms with E-state index in [1.165, 1.54) is 22.3 Å². The van der Waals surface area contributed by atoms with Crippen LogP contribution in [0.2, 0.25) is 0 Å². The van der Waals surface area contributed by atoms with E-state index in [1.807, 2.05) is 19.9 Å². The van der Waals surface area contributed by atoms with Gasteiger partial charge in [-0.1, -0.05) is 45.0 Å². The zero-order valence-corrected chi connectivity index (χ0v) is 15.3. The molecule has 1 aliphatic heterocycles. The molecule has 3 rings (SSSR count). The van der Waals surface area contributed by atoms with Crippen molar-refractivity contribution >= 4 is 0 Å². The first-order valence-electron chi connectivity index (χ1n) is 8.94. The Morgan fingerprint density at radius 1 is 1.04 bits per heavy atom. The Balaban J connectivity index is 0.00000100. The van der Waals surface area contributed by atoms with E-state index < -0.39 is 0 Å². The van der Waals surface area contributed by atoms with Crippen LogP contribution in [0.4, 0.5) is 0 Å². The molecule has 0 amide bonds. The van der Waals surface area contributed by atoms with Gasteiger partial charge in [0.1, 0.15) is 0 Å². The van der Waals surface area contributed by atoms with Crippen molar-refractivity contribution < 1.29 is 9.47 Å². The zero-order valence-electron chi connectivity index (χ0n) is 15.3. The second-order valence-electron chi connectivity index (χ2n) is 5.68. The van der Waals surface area contributed by atoms with E-state index in [0.717, 1.165) is 37.4 Å². The number of benzene rings is 2. The lowest BCUT2D eigenvalue weighted by Gasteiger charge is -2.12. The molecule has 2 aromatic carbocycles. The first kappa shape index (κ1) is 18.3. The number of ether oxygens (including phenoxy) is 2. The predicted octanol–water partition coefficient (Wildman–Crippen LogP) is 4.64. The lowest BCUT2D eigenvalue weighted by molar-refractivity contribution is 0.174. The molecule has 1 aliphatic rings. The fourth-order valence-electron chi connectivity index (χ4n) is 2.95. The molecule has 130 valence electrons. The smallest absolute Gasteiger partial charge is 0.231 e. The van der Waals surface area contributed by atoms with Crippen molar-refractivity contribution in [3.63, 3.8) is 0 Å². The Morgan fingerprint density at radius 2 is 1.83 bits per heavy atom. The zero-order chi connectivity index (χ0) is 17.4. The monoisotopic (exact) mass is 327 g/mol. The number of hydrogen-bond donors (Lipinski definition) is 1. The average Bonchev–Trinajstić information content (AvgIpc) is 3.09. The Hall–Kier alpha value is -2.00. The summed E-state index contributed by atoms with van der Waals surface area (Å²) in [6.45, 7) is 10.6. The third-order valence-corrected chi connectivity index (χ3v) is 4.21. The molecule has 0 atom stereocenters. The topological polar surface area (TPSA) is 30.5 Å². The molecule has 0 radical (unpaired) electrons. The maximum atomic E-state index is 5.41. The summed E-state index contributed by atoms with van der Waals surface area (Å²) in [7, 11) is 0. The van der Waals surface area contributed by atoms with Crippen LogP contribution in [0.1, 0.15) is 43.0 Å². The summed E-state index contributed by atoms with van der Waals surface area (Å²) >= 11 is 0. The third kappa shape index (κ3) is 4.51. The highest BCUT2D eigenvalue weighted by atomic mass is 16.7. The lowest BCUT2D eigenvalue weighted by Crippen LogP contribution is -2.17. The van der Waals surface area contributed by atoms with E-state index in [2.05, 4.69) is 49.5 Å². The molecule has 0 aliphatic carbocycles. The van der Waals surface area contributed by atoms with Gasteiger partial charge in [-0.05, 0) is 60.7 Å². The highest BCUT2D eigenvalue weighted by Gasteiger charge is 2.12. The van der Waals surface area contributed by atoms with Crippen LogP contribution >= 0.6 is 0 Å². The maximum Gasteiger partial charge on any atom is 0.231 e. The van der Waals surface area contributed by atoms with Gasteiger partial charge in [0.2, 0.25) is 6.79 Å². The number of hydrogen-bond acceptors (Lipinski definition) is 3. The molecular weight excluding hydrogens is 298 g/mol. The molecule has 2 aromatic rings. The van der Waals surface area contributed by atoms with Gasteiger partial charge >= 0.3 is 0 Å². The fraction of sp³-hybridized carbons (Fsp3) is 0.429. The highest BCUT2D eigenvalue weighted by Crippen LogP contribution is 2.32. The molecule has 0 fully saturated rings. The molecule has 3 nitrogen and oxygen atoms in total. The summed E-state index contributed by atoms with van der Waals surface area (Å²) in [6.07, 6.45) is 2.17. The normalized spacial score (nSPS) is 11.8. The second-order valence-corrected chi connectivity index (χ2v) is 5.68. The molecule has 0 saturated heterocycles. The van der Waals surface area contributed by atoms with E-state index in [0.29, 0.717) is 6.79 Å². The van der Waals surface area contributed by atoms with E-state index in [-0.39, 0.29) is 0 Å². The van der Waals surface area contributed by atoms with Gasteiger partial charge in [-0.2, -0.15) is 0 Å².